The van der Waals surface area contributed by atoms with Crippen molar-refractivity contribution in [3.8, 4) is 0 Å². The first-order chi connectivity index (χ1) is 8.99. The quantitative estimate of drug-likeness (QED) is 0.691. The van der Waals surface area contributed by atoms with E-state index in [1.54, 1.807) is 0 Å². The van der Waals surface area contributed by atoms with Crippen LogP contribution in [-0.4, -0.2) is 36.1 Å². The fourth-order valence-corrected chi connectivity index (χ4v) is 2.24. The van der Waals surface area contributed by atoms with E-state index in [0.29, 0.717) is 12.5 Å². The molecule has 2 N–H and O–H groups in total. The minimum absolute atomic E-state index is 0.559. The standard InChI is InChI=1S/C14H19ClN4/c1-18(2)14(16)17-7-6-10-9-19(3)13-8-11(15)4-5-12(10)13/h4-5,8-9H,6-7H2,1-3H3,(H2,16,17). The Balaban J connectivity index is 2.20. The average Bonchev–Trinajstić information content (AvgIpc) is 2.66. The molecule has 0 saturated heterocycles. The molecule has 0 aliphatic rings. The molecule has 0 unspecified atom stereocenters. The zero-order valence-electron chi connectivity index (χ0n) is 11.5. The maximum atomic E-state index is 6.02. The van der Waals surface area contributed by atoms with Gasteiger partial charge in [0.25, 0.3) is 0 Å². The molecule has 1 heterocycles. The fourth-order valence-electron chi connectivity index (χ4n) is 2.07. The van der Waals surface area contributed by atoms with E-state index in [1.807, 2.05) is 38.2 Å². The fraction of sp³-hybridized carbons (Fsp3) is 0.357. The second-order valence-corrected chi connectivity index (χ2v) is 5.25. The van der Waals surface area contributed by atoms with Crippen molar-refractivity contribution in [2.45, 2.75) is 6.42 Å². The van der Waals surface area contributed by atoms with Crippen LogP contribution in [-0.2, 0) is 13.5 Å². The van der Waals surface area contributed by atoms with Gasteiger partial charge in [0.2, 0.25) is 0 Å². The van der Waals surface area contributed by atoms with Crippen LogP contribution in [0.2, 0.25) is 5.02 Å². The molecule has 19 heavy (non-hydrogen) atoms. The molecule has 0 amide bonds. The molecule has 2 aromatic rings. The molecule has 0 fully saturated rings. The van der Waals surface area contributed by atoms with Crippen LogP contribution >= 0.6 is 11.6 Å². The van der Waals surface area contributed by atoms with Gasteiger partial charge in [0.15, 0.2) is 5.96 Å². The molecular formula is C14H19ClN4. The van der Waals surface area contributed by atoms with Crippen LogP contribution in [0.1, 0.15) is 5.56 Å². The molecule has 0 bridgehead atoms. The number of aromatic nitrogens is 1. The highest BCUT2D eigenvalue weighted by Gasteiger charge is 2.06. The number of guanidine groups is 1. The Morgan fingerprint density at radius 2 is 2.16 bits per heavy atom. The third-order valence-corrected chi connectivity index (χ3v) is 3.38. The first-order valence-corrected chi connectivity index (χ1v) is 6.57. The summed E-state index contributed by atoms with van der Waals surface area (Å²) in [7, 11) is 5.80. The molecule has 0 atom stereocenters. The monoisotopic (exact) mass is 278 g/mol. The summed E-state index contributed by atoms with van der Waals surface area (Å²) < 4.78 is 2.09. The maximum absolute atomic E-state index is 6.02. The van der Waals surface area contributed by atoms with Crippen LogP contribution in [0.4, 0.5) is 0 Å². The lowest BCUT2D eigenvalue weighted by molar-refractivity contribution is 0.609. The Bertz CT molecular complexity index is 613. The van der Waals surface area contributed by atoms with Gasteiger partial charge in [0.1, 0.15) is 0 Å². The van der Waals surface area contributed by atoms with Crippen molar-refractivity contribution in [1.29, 1.82) is 0 Å². The number of hydrogen-bond acceptors (Lipinski definition) is 1. The van der Waals surface area contributed by atoms with Crippen LogP contribution in [0.5, 0.6) is 0 Å². The normalized spacial score (nSPS) is 12.1. The van der Waals surface area contributed by atoms with E-state index in [1.165, 1.54) is 10.9 Å². The largest absolute Gasteiger partial charge is 0.370 e. The minimum Gasteiger partial charge on any atom is -0.370 e. The molecule has 4 nitrogen and oxygen atoms in total. The number of rotatable bonds is 3. The zero-order valence-corrected chi connectivity index (χ0v) is 12.3. The van der Waals surface area contributed by atoms with Crippen LogP contribution in [0, 0.1) is 0 Å². The van der Waals surface area contributed by atoms with Gasteiger partial charge >= 0.3 is 0 Å². The van der Waals surface area contributed by atoms with Crippen LogP contribution in [0.3, 0.4) is 0 Å². The number of nitrogens with two attached hydrogens (primary N) is 1. The Labute approximate surface area is 118 Å². The van der Waals surface area contributed by atoms with Crippen molar-refractivity contribution in [3.63, 3.8) is 0 Å². The highest BCUT2D eigenvalue weighted by atomic mass is 35.5. The smallest absolute Gasteiger partial charge is 0.190 e. The van der Waals surface area contributed by atoms with Gasteiger partial charge in [0.05, 0.1) is 0 Å². The lowest BCUT2D eigenvalue weighted by atomic mass is 10.1. The number of hydrogen-bond donors (Lipinski definition) is 1. The third kappa shape index (κ3) is 3.01. The van der Waals surface area contributed by atoms with Gasteiger partial charge < -0.3 is 15.2 Å². The van der Waals surface area contributed by atoms with E-state index in [4.69, 9.17) is 17.3 Å². The van der Waals surface area contributed by atoms with E-state index >= 15 is 0 Å². The first kappa shape index (κ1) is 13.7. The molecule has 0 aliphatic carbocycles. The van der Waals surface area contributed by atoms with E-state index in [9.17, 15) is 0 Å². The maximum Gasteiger partial charge on any atom is 0.190 e. The van der Waals surface area contributed by atoms with Gasteiger partial charge in [-0.25, -0.2) is 0 Å². The summed E-state index contributed by atoms with van der Waals surface area (Å²) >= 11 is 6.02. The summed E-state index contributed by atoms with van der Waals surface area (Å²) in [6.45, 7) is 0.686. The Kier molecular flexibility index (Phi) is 4.00. The summed E-state index contributed by atoms with van der Waals surface area (Å²) in [4.78, 5) is 6.15. The number of halogens is 1. The molecule has 5 heteroatoms. The molecule has 1 aromatic heterocycles. The summed E-state index contributed by atoms with van der Waals surface area (Å²) in [6.07, 6.45) is 3.00. The third-order valence-electron chi connectivity index (χ3n) is 3.15. The predicted octanol–water partition coefficient (Wildman–Crippen LogP) is 2.25. The zero-order chi connectivity index (χ0) is 14.0. The minimum atomic E-state index is 0.559. The topological polar surface area (TPSA) is 46.5 Å². The van der Waals surface area contributed by atoms with E-state index < -0.39 is 0 Å². The summed E-state index contributed by atoms with van der Waals surface area (Å²) in [6, 6.07) is 5.97. The predicted molar refractivity (Wildman–Crippen MR) is 81.8 cm³/mol. The molecule has 1 aromatic carbocycles. The molecule has 2 rings (SSSR count). The van der Waals surface area contributed by atoms with Gasteiger partial charge in [-0.15, -0.1) is 0 Å². The molecule has 0 spiro atoms. The van der Waals surface area contributed by atoms with Gasteiger partial charge in [-0.2, -0.15) is 0 Å². The second kappa shape index (κ2) is 5.53. The van der Waals surface area contributed by atoms with Crippen molar-refractivity contribution in [3.05, 3.63) is 35.0 Å². The van der Waals surface area contributed by atoms with Crippen molar-refractivity contribution in [2.75, 3.05) is 20.6 Å². The second-order valence-electron chi connectivity index (χ2n) is 4.81. The lowest BCUT2D eigenvalue weighted by Crippen LogP contribution is -2.30. The van der Waals surface area contributed by atoms with Crippen LogP contribution in [0.25, 0.3) is 10.9 Å². The number of benzene rings is 1. The van der Waals surface area contributed by atoms with Crippen molar-refractivity contribution in [2.24, 2.45) is 17.8 Å². The SMILES string of the molecule is CN(C)C(N)=NCCc1cn(C)c2cc(Cl)ccc12. The van der Waals surface area contributed by atoms with E-state index in [2.05, 4.69) is 21.8 Å². The van der Waals surface area contributed by atoms with Crippen LogP contribution < -0.4 is 5.73 Å². The molecule has 0 aliphatic heterocycles. The van der Waals surface area contributed by atoms with Crippen LogP contribution in [0.15, 0.2) is 29.4 Å². The van der Waals surface area contributed by atoms with E-state index in [-0.39, 0.29) is 0 Å². The van der Waals surface area contributed by atoms with Gasteiger partial charge in [0, 0.05) is 49.8 Å². The average molecular weight is 279 g/mol. The van der Waals surface area contributed by atoms with Crippen molar-refractivity contribution < 1.29 is 0 Å². The van der Waals surface area contributed by atoms with Crippen molar-refractivity contribution >= 4 is 28.5 Å². The number of fused-ring (bicyclic) bond motifs is 1. The molecule has 0 radical (unpaired) electrons. The first-order valence-electron chi connectivity index (χ1n) is 6.19. The summed E-state index contributed by atoms with van der Waals surface area (Å²) in [5.41, 5.74) is 8.19. The molecule has 0 saturated carbocycles. The molecule has 102 valence electrons. The summed E-state index contributed by atoms with van der Waals surface area (Å²) in [5, 5.41) is 1.99. The van der Waals surface area contributed by atoms with Gasteiger partial charge in [-0.3, -0.25) is 4.99 Å². The highest BCUT2D eigenvalue weighted by Crippen LogP contribution is 2.24. The number of nitrogens with zero attached hydrogens (tertiary/aromatic N) is 3. The number of aliphatic imine (C=N–C) groups is 1. The molecular weight excluding hydrogens is 260 g/mol. The lowest BCUT2D eigenvalue weighted by Gasteiger charge is -2.10. The Morgan fingerprint density at radius 3 is 2.84 bits per heavy atom. The van der Waals surface area contributed by atoms with Gasteiger partial charge in [-0.05, 0) is 24.1 Å². The highest BCUT2D eigenvalue weighted by molar-refractivity contribution is 6.31. The summed E-state index contributed by atoms with van der Waals surface area (Å²) in [5.74, 6) is 0.559. The number of aryl methyl sites for hydroxylation is 1. The Hall–Kier alpha value is -1.68. The van der Waals surface area contributed by atoms with E-state index in [0.717, 1.165) is 17.0 Å². The van der Waals surface area contributed by atoms with Crippen molar-refractivity contribution in [1.82, 2.24) is 9.47 Å². The Morgan fingerprint density at radius 1 is 1.42 bits per heavy atom. The van der Waals surface area contributed by atoms with Gasteiger partial charge in [-0.1, -0.05) is 17.7 Å².